The first-order valence-electron chi connectivity index (χ1n) is 8.14. The second-order valence-electron chi connectivity index (χ2n) is 6.15. The van der Waals surface area contributed by atoms with Crippen molar-refractivity contribution >= 4 is 5.91 Å². The molecule has 1 amide bonds. The van der Waals surface area contributed by atoms with Gasteiger partial charge >= 0.3 is 0 Å². The van der Waals surface area contributed by atoms with E-state index in [1.807, 2.05) is 42.3 Å². The van der Waals surface area contributed by atoms with E-state index in [0.717, 1.165) is 5.56 Å². The molecule has 3 heteroatoms. The first kappa shape index (κ1) is 16.0. The van der Waals surface area contributed by atoms with E-state index >= 15 is 0 Å². The van der Waals surface area contributed by atoms with Crippen LogP contribution in [0.15, 0.2) is 30.3 Å². The first-order valence-corrected chi connectivity index (χ1v) is 8.14. The fraction of sp³-hybridized carbons (Fsp3) is 0.611. The van der Waals surface area contributed by atoms with Gasteiger partial charge in [0.2, 0.25) is 5.91 Å². The van der Waals surface area contributed by atoms with Crippen LogP contribution in [0.2, 0.25) is 0 Å². The Morgan fingerprint density at radius 3 is 2.52 bits per heavy atom. The van der Waals surface area contributed by atoms with Gasteiger partial charge in [0.15, 0.2) is 0 Å². The molecule has 2 rings (SSSR count). The number of nitrogens with zero attached hydrogens (tertiary/aromatic N) is 1. The third kappa shape index (κ3) is 4.57. The van der Waals surface area contributed by atoms with Gasteiger partial charge in [-0.2, -0.15) is 0 Å². The maximum absolute atomic E-state index is 12.5. The molecule has 0 spiro atoms. The number of rotatable bonds is 6. The number of hydrogen-bond acceptors (Lipinski definition) is 2. The number of amides is 1. The maximum atomic E-state index is 12.5. The fourth-order valence-electron chi connectivity index (χ4n) is 3.34. The average Bonchev–Trinajstić information content (AvgIpc) is 2.53. The number of hydrogen-bond donors (Lipinski definition) is 1. The Morgan fingerprint density at radius 2 is 1.90 bits per heavy atom. The van der Waals surface area contributed by atoms with Gasteiger partial charge in [-0.1, -0.05) is 49.6 Å². The number of carbonyl (C=O) groups excluding carboxylic acids is 1. The summed E-state index contributed by atoms with van der Waals surface area (Å²) in [7, 11) is 1.87. The highest BCUT2D eigenvalue weighted by Crippen LogP contribution is 2.29. The molecule has 1 aliphatic rings. The van der Waals surface area contributed by atoms with E-state index < -0.39 is 0 Å². The van der Waals surface area contributed by atoms with Crippen molar-refractivity contribution in [3.63, 3.8) is 0 Å². The lowest BCUT2D eigenvalue weighted by Gasteiger charge is -2.30. The smallest absolute Gasteiger partial charge is 0.223 e. The van der Waals surface area contributed by atoms with Crippen LogP contribution in [-0.2, 0) is 4.79 Å². The minimum absolute atomic E-state index is 0.0210. The lowest BCUT2D eigenvalue weighted by atomic mass is 9.86. The zero-order valence-electron chi connectivity index (χ0n) is 13.0. The van der Waals surface area contributed by atoms with Crippen molar-refractivity contribution in [1.82, 2.24) is 4.90 Å². The average molecular weight is 289 g/mol. The van der Waals surface area contributed by atoms with Crippen LogP contribution in [0.3, 0.4) is 0 Å². The van der Waals surface area contributed by atoms with Crippen LogP contribution < -0.4 is 0 Å². The molecule has 0 heterocycles. The Morgan fingerprint density at radius 1 is 1.24 bits per heavy atom. The highest BCUT2D eigenvalue weighted by Gasteiger charge is 2.24. The van der Waals surface area contributed by atoms with Crippen LogP contribution in [0.25, 0.3) is 0 Å². The zero-order valence-corrected chi connectivity index (χ0v) is 13.0. The van der Waals surface area contributed by atoms with Gasteiger partial charge < -0.3 is 10.0 Å². The Kier molecular flexibility index (Phi) is 6.24. The molecule has 1 N–H and O–H groups in total. The van der Waals surface area contributed by atoms with Gasteiger partial charge in [-0.15, -0.1) is 0 Å². The second kappa shape index (κ2) is 8.18. The van der Waals surface area contributed by atoms with Crippen LogP contribution in [0.5, 0.6) is 0 Å². The summed E-state index contributed by atoms with van der Waals surface area (Å²) in [5.74, 6) is 0.767. The van der Waals surface area contributed by atoms with Crippen LogP contribution in [-0.4, -0.2) is 29.6 Å². The first-order chi connectivity index (χ1) is 10.2. The molecule has 1 atom stereocenters. The van der Waals surface area contributed by atoms with Crippen molar-refractivity contribution in [2.24, 2.45) is 5.92 Å². The predicted octanol–water partition coefficient (Wildman–Crippen LogP) is 3.54. The largest absolute Gasteiger partial charge is 0.396 e. The van der Waals surface area contributed by atoms with Gasteiger partial charge in [0, 0.05) is 20.1 Å². The third-order valence-electron chi connectivity index (χ3n) is 4.64. The molecular weight excluding hydrogens is 262 g/mol. The summed E-state index contributed by atoms with van der Waals surface area (Å²) < 4.78 is 0. The number of aliphatic hydroxyl groups excluding tert-OH is 1. The monoisotopic (exact) mass is 289 g/mol. The summed E-state index contributed by atoms with van der Waals surface area (Å²) in [6, 6.07) is 9.99. The Bertz CT molecular complexity index is 426. The molecule has 1 fully saturated rings. The summed E-state index contributed by atoms with van der Waals surface area (Å²) in [6.45, 7) is 0.0978. The quantitative estimate of drug-likeness (QED) is 0.870. The fourth-order valence-corrected chi connectivity index (χ4v) is 3.34. The molecule has 0 radical (unpaired) electrons. The summed E-state index contributed by atoms with van der Waals surface area (Å²) in [5, 5.41) is 9.31. The van der Waals surface area contributed by atoms with Crippen molar-refractivity contribution < 1.29 is 9.90 Å². The summed E-state index contributed by atoms with van der Waals surface area (Å²) >= 11 is 0. The van der Waals surface area contributed by atoms with E-state index in [4.69, 9.17) is 0 Å². The number of benzene rings is 1. The van der Waals surface area contributed by atoms with E-state index in [1.54, 1.807) is 0 Å². The highest BCUT2D eigenvalue weighted by molar-refractivity contribution is 5.76. The predicted molar refractivity (Wildman–Crippen MR) is 84.8 cm³/mol. The number of aliphatic hydroxyl groups is 1. The van der Waals surface area contributed by atoms with E-state index in [-0.39, 0.29) is 18.6 Å². The zero-order chi connectivity index (χ0) is 15.1. The van der Waals surface area contributed by atoms with E-state index in [9.17, 15) is 9.90 Å². The summed E-state index contributed by atoms with van der Waals surface area (Å²) in [4.78, 5) is 14.4. The molecular formula is C18H27NO2. The Balaban J connectivity index is 2.00. The molecule has 0 aliphatic heterocycles. The molecule has 1 aromatic carbocycles. The molecule has 0 saturated heterocycles. The third-order valence-corrected chi connectivity index (χ3v) is 4.64. The molecule has 1 aliphatic carbocycles. The Hall–Kier alpha value is -1.35. The lowest BCUT2D eigenvalue weighted by molar-refractivity contribution is -0.133. The summed E-state index contributed by atoms with van der Waals surface area (Å²) in [5.41, 5.74) is 1.10. The topological polar surface area (TPSA) is 40.5 Å². The van der Waals surface area contributed by atoms with Crippen molar-refractivity contribution in [1.29, 1.82) is 0 Å². The molecule has 3 nitrogen and oxygen atoms in total. The molecule has 0 bridgehead atoms. The van der Waals surface area contributed by atoms with Crippen molar-refractivity contribution in [2.75, 3.05) is 13.7 Å². The second-order valence-corrected chi connectivity index (χ2v) is 6.15. The van der Waals surface area contributed by atoms with Crippen LogP contribution in [0.4, 0.5) is 0 Å². The van der Waals surface area contributed by atoms with Gasteiger partial charge in [0.05, 0.1) is 6.04 Å². The van der Waals surface area contributed by atoms with Gasteiger partial charge in [0.1, 0.15) is 0 Å². The van der Waals surface area contributed by atoms with E-state index in [2.05, 4.69) is 0 Å². The normalized spacial score (nSPS) is 17.4. The van der Waals surface area contributed by atoms with Gasteiger partial charge in [-0.25, -0.2) is 0 Å². The van der Waals surface area contributed by atoms with Crippen LogP contribution in [0.1, 0.15) is 56.6 Å². The molecule has 1 saturated carbocycles. The SMILES string of the molecule is CN(C(=O)CC1CCCCC1)C(CCO)c1ccccc1. The minimum Gasteiger partial charge on any atom is -0.396 e. The van der Waals surface area contributed by atoms with Gasteiger partial charge in [-0.3, -0.25) is 4.79 Å². The lowest BCUT2D eigenvalue weighted by Crippen LogP contribution is -2.33. The molecule has 21 heavy (non-hydrogen) atoms. The maximum Gasteiger partial charge on any atom is 0.223 e. The molecule has 1 aromatic rings. The van der Waals surface area contributed by atoms with Crippen molar-refractivity contribution in [3.8, 4) is 0 Å². The van der Waals surface area contributed by atoms with Crippen molar-refractivity contribution in [3.05, 3.63) is 35.9 Å². The molecule has 0 aromatic heterocycles. The van der Waals surface area contributed by atoms with Gasteiger partial charge in [-0.05, 0) is 30.7 Å². The standard InChI is InChI=1S/C18H27NO2/c1-19(18(21)14-15-8-4-2-5-9-15)17(12-13-20)16-10-6-3-7-11-16/h3,6-7,10-11,15,17,20H,2,4-5,8-9,12-14H2,1H3. The van der Waals surface area contributed by atoms with Crippen LogP contribution >= 0.6 is 0 Å². The van der Waals surface area contributed by atoms with E-state index in [0.29, 0.717) is 18.8 Å². The van der Waals surface area contributed by atoms with Gasteiger partial charge in [0.25, 0.3) is 0 Å². The van der Waals surface area contributed by atoms with E-state index in [1.165, 1.54) is 32.1 Å². The molecule has 116 valence electrons. The highest BCUT2D eigenvalue weighted by atomic mass is 16.3. The van der Waals surface area contributed by atoms with Crippen molar-refractivity contribution in [2.45, 2.75) is 51.0 Å². The Labute approximate surface area is 128 Å². The molecule has 1 unspecified atom stereocenters. The number of carbonyl (C=O) groups is 1. The van der Waals surface area contributed by atoms with Crippen LogP contribution in [0, 0.1) is 5.92 Å². The summed E-state index contributed by atoms with van der Waals surface area (Å²) in [6.07, 6.45) is 7.48. The minimum atomic E-state index is -0.0210.